The SMILES string of the molecule is CCS(=O)(=O)[O-].Nc1nc2c3ccccc3cc[n+]2nc1-c1ccccc1. The Kier molecular flexibility index (Phi) is 5.29. The number of fused-ring (bicyclic) bond motifs is 3. The lowest BCUT2D eigenvalue weighted by Crippen LogP contribution is -2.29. The number of pyridine rings is 1. The number of nitrogens with two attached hydrogens (primary N) is 1. The molecule has 7 nitrogen and oxygen atoms in total. The van der Waals surface area contributed by atoms with Crippen molar-refractivity contribution in [2.45, 2.75) is 6.92 Å². The second-order valence-electron chi connectivity index (χ2n) is 5.73. The Morgan fingerprint density at radius 1 is 1.04 bits per heavy atom. The summed E-state index contributed by atoms with van der Waals surface area (Å²) in [5.41, 5.74) is 8.55. The van der Waals surface area contributed by atoms with Gasteiger partial charge in [-0.1, -0.05) is 60.6 Å². The van der Waals surface area contributed by atoms with E-state index in [1.807, 2.05) is 60.8 Å². The number of benzene rings is 2. The first-order valence-corrected chi connectivity index (χ1v) is 9.82. The molecule has 0 fully saturated rings. The second kappa shape index (κ2) is 7.65. The third-order valence-electron chi connectivity index (χ3n) is 3.89. The summed E-state index contributed by atoms with van der Waals surface area (Å²) in [6.45, 7) is 1.31. The lowest BCUT2D eigenvalue weighted by atomic mass is 10.1. The quantitative estimate of drug-likeness (QED) is 0.323. The van der Waals surface area contributed by atoms with Gasteiger partial charge in [0.05, 0.1) is 15.5 Å². The first-order valence-electron chi connectivity index (χ1n) is 8.25. The normalized spacial score (nSPS) is 11.2. The predicted octanol–water partition coefficient (Wildman–Crippen LogP) is 2.17. The molecule has 2 aromatic heterocycles. The highest BCUT2D eigenvalue weighted by atomic mass is 32.2. The standard InChI is InChI=1S/C17H12N4.C2H6O3S/c18-16-15(13-7-2-1-3-8-13)20-21-11-10-12-6-4-5-9-14(12)17(21)19-16;1-2-6(3,4)5/h1-11,18H;2H2,1H3,(H,3,4,5). The molecule has 2 aromatic carbocycles. The van der Waals surface area contributed by atoms with E-state index in [-0.39, 0.29) is 5.75 Å². The summed E-state index contributed by atoms with van der Waals surface area (Å²) in [6.07, 6.45) is 1.91. The molecule has 0 unspecified atom stereocenters. The van der Waals surface area contributed by atoms with Crippen molar-refractivity contribution in [3.8, 4) is 11.3 Å². The molecule has 0 spiro atoms. The van der Waals surface area contributed by atoms with Crippen molar-refractivity contribution in [3.63, 3.8) is 0 Å². The van der Waals surface area contributed by atoms with Crippen LogP contribution >= 0.6 is 0 Å². The minimum Gasteiger partial charge on any atom is -0.748 e. The van der Waals surface area contributed by atoms with E-state index < -0.39 is 10.1 Å². The molecule has 8 heteroatoms. The van der Waals surface area contributed by atoms with E-state index in [2.05, 4.69) is 16.1 Å². The number of rotatable bonds is 2. The fraction of sp³-hybridized carbons (Fsp3) is 0.105. The lowest BCUT2D eigenvalue weighted by molar-refractivity contribution is -0.580. The van der Waals surface area contributed by atoms with Gasteiger partial charge in [-0.05, 0) is 22.5 Å². The van der Waals surface area contributed by atoms with Crippen LogP contribution in [0.25, 0.3) is 27.7 Å². The molecule has 2 heterocycles. The number of hydrogen-bond donors (Lipinski definition) is 1. The third-order valence-corrected chi connectivity index (χ3v) is 4.60. The average molecular weight is 382 g/mol. The average Bonchev–Trinajstić information content (AvgIpc) is 2.68. The lowest BCUT2D eigenvalue weighted by Gasteiger charge is -2.02. The fourth-order valence-electron chi connectivity index (χ4n) is 2.51. The molecule has 0 radical (unpaired) electrons. The second-order valence-corrected chi connectivity index (χ2v) is 7.42. The fourth-order valence-corrected chi connectivity index (χ4v) is 2.51. The maximum Gasteiger partial charge on any atom is 0.358 e. The molecule has 0 saturated carbocycles. The van der Waals surface area contributed by atoms with Gasteiger partial charge in [-0.15, -0.1) is 4.52 Å². The molecule has 27 heavy (non-hydrogen) atoms. The molecule has 0 atom stereocenters. The summed E-state index contributed by atoms with van der Waals surface area (Å²) in [5.74, 6) is 0.130. The van der Waals surface area contributed by atoms with Gasteiger partial charge < -0.3 is 10.3 Å². The van der Waals surface area contributed by atoms with Crippen LogP contribution in [0.2, 0.25) is 0 Å². The molecule has 2 N–H and O–H groups in total. The molecule has 4 rings (SSSR count). The van der Waals surface area contributed by atoms with Gasteiger partial charge in [-0.25, -0.2) is 8.42 Å². The number of nitrogen functional groups attached to an aromatic ring is 1. The zero-order valence-corrected chi connectivity index (χ0v) is 15.4. The first kappa shape index (κ1) is 18.7. The van der Waals surface area contributed by atoms with Crippen LogP contribution in [0.5, 0.6) is 0 Å². The van der Waals surface area contributed by atoms with Crippen LogP contribution in [0.15, 0.2) is 66.9 Å². The van der Waals surface area contributed by atoms with Crippen molar-refractivity contribution in [3.05, 3.63) is 66.9 Å². The van der Waals surface area contributed by atoms with Crippen molar-refractivity contribution in [1.29, 1.82) is 0 Å². The van der Waals surface area contributed by atoms with Crippen molar-refractivity contribution in [1.82, 2.24) is 10.1 Å². The van der Waals surface area contributed by atoms with Crippen molar-refractivity contribution in [2.24, 2.45) is 0 Å². The van der Waals surface area contributed by atoms with Crippen LogP contribution in [0.1, 0.15) is 6.92 Å². The number of aromatic nitrogens is 3. The van der Waals surface area contributed by atoms with Gasteiger partial charge in [0.25, 0.3) is 5.82 Å². The Balaban J connectivity index is 0.000000307. The van der Waals surface area contributed by atoms with Crippen molar-refractivity contribution >= 4 is 32.4 Å². The van der Waals surface area contributed by atoms with Crippen LogP contribution in [0.3, 0.4) is 0 Å². The first-order chi connectivity index (χ1) is 12.9. The number of nitrogens with zero attached hydrogens (tertiary/aromatic N) is 3. The summed E-state index contributed by atoms with van der Waals surface area (Å²) < 4.78 is 30.1. The monoisotopic (exact) mass is 382 g/mol. The van der Waals surface area contributed by atoms with Crippen LogP contribution < -0.4 is 10.2 Å². The maximum absolute atomic E-state index is 9.44. The van der Waals surface area contributed by atoms with E-state index in [9.17, 15) is 13.0 Å². The Morgan fingerprint density at radius 3 is 2.33 bits per heavy atom. The smallest absolute Gasteiger partial charge is 0.358 e. The Labute approximate surface area is 156 Å². The summed E-state index contributed by atoms with van der Waals surface area (Å²) in [7, 11) is -3.91. The van der Waals surface area contributed by atoms with Crippen LogP contribution in [-0.2, 0) is 10.1 Å². The Morgan fingerprint density at radius 2 is 1.67 bits per heavy atom. The molecule has 4 aromatic rings. The van der Waals surface area contributed by atoms with E-state index >= 15 is 0 Å². The summed E-state index contributed by atoms with van der Waals surface area (Å²) >= 11 is 0. The number of hydrogen-bond acceptors (Lipinski definition) is 6. The molecule has 0 aliphatic heterocycles. The van der Waals surface area contributed by atoms with E-state index in [1.165, 1.54) is 6.92 Å². The van der Waals surface area contributed by atoms with Gasteiger partial charge in [-0.3, -0.25) is 0 Å². The Hall–Kier alpha value is -3.10. The molecule has 138 valence electrons. The van der Waals surface area contributed by atoms with Crippen molar-refractivity contribution in [2.75, 3.05) is 11.5 Å². The Bertz CT molecular complexity index is 1200. The van der Waals surface area contributed by atoms with E-state index in [4.69, 9.17) is 5.73 Å². The maximum atomic E-state index is 9.44. The molecular formula is C19H18N4O3S. The molecule has 0 saturated heterocycles. The van der Waals surface area contributed by atoms with Crippen molar-refractivity contribution < 1.29 is 17.5 Å². The van der Waals surface area contributed by atoms with Gasteiger partial charge in [0.2, 0.25) is 0 Å². The van der Waals surface area contributed by atoms with E-state index in [0.29, 0.717) is 11.5 Å². The minimum absolute atomic E-state index is 0.312. The van der Waals surface area contributed by atoms with Crippen LogP contribution in [0.4, 0.5) is 5.82 Å². The van der Waals surface area contributed by atoms with Crippen LogP contribution in [0, 0.1) is 0 Å². The molecule has 0 amide bonds. The zero-order chi connectivity index (χ0) is 19.4. The molecular weight excluding hydrogens is 364 g/mol. The summed E-state index contributed by atoms with van der Waals surface area (Å²) in [6, 6.07) is 20.0. The minimum atomic E-state index is -3.91. The predicted molar refractivity (Wildman–Crippen MR) is 103 cm³/mol. The topological polar surface area (TPSA) is 113 Å². The summed E-state index contributed by atoms with van der Waals surface area (Å²) in [5, 5.41) is 6.79. The van der Waals surface area contributed by atoms with Crippen LogP contribution in [-0.4, -0.2) is 28.8 Å². The number of anilines is 1. The third kappa shape index (κ3) is 4.36. The van der Waals surface area contributed by atoms with Gasteiger partial charge in [0.15, 0.2) is 5.69 Å². The van der Waals surface area contributed by atoms with Gasteiger partial charge >= 0.3 is 5.65 Å². The molecule has 0 aliphatic carbocycles. The highest BCUT2D eigenvalue weighted by Crippen LogP contribution is 2.22. The summed E-state index contributed by atoms with van der Waals surface area (Å²) in [4.78, 5) is 4.56. The molecule has 0 aliphatic rings. The van der Waals surface area contributed by atoms with Gasteiger partial charge in [-0.2, -0.15) is 0 Å². The largest absolute Gasteiger partial charge is 0.748 e. The van der Waals surface area contributed by atoms with E-state index in [0.717, 1.165) is 22.0 Å². The highest BCUT2D eigenvalue weighted by Gasteiger charge is 2.18. The highest BCUT2D eigenvalue weighted by molar-refractivity contribution is 7.85. The zero-order valence-electron chi connectivity index (χ0n) is 14.6. The van der Waals surface area contributed by atoms with Gasteiger partial charge in [0.1, 0.15) is 6.20 Å². The van der Waals surface area contributed by atoms with Gasteiger partial charge in [0, 0.05) is 11.3 Å². The van der Waals surface area contributed by atoms with E-state index in [1.54, 1.807) is 4.52 Å². The molecule has 0 bridgehead atoms.